The van der Waals surface area contributed by atoms with E-state index in [1.807, 2.05) is 6.07 Å². The lowest BCUT2D eigenvalue weighted by atomic mass is 10.2. The molecule has 0 aliphatic heterocycles. The third kappa shape index (κ3) is 3.31. The zero-order chi connectivity index (χ0) is 12.3. The lowest BCUT2D eigenvalue weighted by Gasteiger charge is -2.07. The maximum absolute atomic E-state index is 12.9. The van der Waals surface area contributed by atoms with Gasteiger partial charge in [-0.25, -0.2) is 4.39 Å². The smallest absolute Gasteiger partial charge is 0.124 e. The van der Waals surface area contributed by atoms with Gasteiger partial charge in [0.15, 0.2) is 0 Å². The molecule has 0 amide bonds. The molecule has 90 valence electrons. The highest BCUT2D eigenvalue weighted by molar-refractivity contribution is 7.99. The zero-order valence-corrected chi connectivity index (χ0v) is 10.2. The first-order valence-electron chi connectivity index (χ1n) is 5.20. The minimum atomic E-state index is -0.586. The van der Waals surface area contributed by atoms with Crippen molar-refractivity contribution in [1.82, 2.24) is 9.78 Å². The van der Waals surface area contributed by atoms with Crippen LogP contribution in [0, 0.1) is 5.82 Å². The van der Waals surface area contributed by atoms with Crippen LogP contribution in [-0.4, -0.2) is 20.6 Å². The molecule has 0 saturated heterocycles. The summed E-state index contributed by atoms with van der Waals surface area (Å²) in [7, 11) is 1.80. The second-order valence-corrected chi connectivity index (χ2v) is 4.82. The Kier molecular flexibility index (Phi) is 3.81. The summed E-state index contributed by atoms with van der Waals surface area (Å²) >= 11 is 1.42. The van der Waals surface area contributed by atoms with Gasteiger partial charge in [0.05, 0.1) is 12.3 Å². The van der Waals surface area contributed by atoms with Crippen molar-refractivity contribution >= 4 is 11.8 Å². The van der Waals surface area contributed by atoms with E-state index in [-0.39, 0.29) is 5.82 Å². The number of rotatable bonds is 4. The number of hydrogen-bond acceptors (Lipinski definition) is 3. The summed E-state index contributed by atoms with van der Waals surface area (Å²) in [6, 6.07) is 6.35. The number of aliphatic hydroxyl groups is 1. The highest BCUT2D eigenvalue weighted by Crippen LogP contribution is 2.24. The van der Waals surface area contributed by atoms with E-state index in [1.54, 1.807) is 30.2 Å². The molecule has 0 radical (unpaired) electrons. The van der Waals surface area contributed by atoms with Gasteiger partial charge in [-0.3, -0.25) is 4.68 Å². The Morgan fingerprint density at radius 1 is 1.53 bits per heavy atom. The SMILES string of the molecule is Cn1cc(C(O)CSc2cccc(F)c2)cn1. The van der Waals surface area contributed by atoms with Crippen molar-refractivity contribution in [3.05, 3.63) is 48.0 Å². The summed E-state index contributed by atoms with van der Waals surface area (Å²) in [6.07, 6.45) is 2.82. The highest BCUT2D eigenvalue weighted by atomic mass is 32.2. The lowest BCUT2D eigenvalue weighted by Crippen LogP contribution is -1.99. The van der Waals surface area contributed by atoms with E-state index < -0.39 is 6.10 Å². The molecule has 17 heavy (non-hydrogen) atoms. The van der Waals surface area contributed by atoms with Gasteiger partial charge in [0.25, 0.3) is 0 Å². The normalized spacial score (nSPS) is 12.6. The van der Waals surface area contributed by atoms with Crippen molar-refractivity contribution in [1.29, 1.82) is 0 Å². The van der Waals surface area contributed by atoms with Crippen molar-refractivity contribution in [2.45, 2.75) is 11.0 Å². The van der Waals surface area contributed by atoms with Gasteiger partial charge in [-0.1, -0.05) is 6.07 Å². The second kappa shape index (κ2) is 5.33. The Labute approximate surface area is 103 Å². The summed E-state index contributed by atoms with van der Waals surface area (Å²) < 4.78 is 14.6. The van der Waals surface area contributed by atoms with Crippen LogP contribution in [0.3, 0.4) is 0 Å². The van der Waals surface area contributed by atoms with E-state index >= 15 is 0 Å². The topological polar surface area (TPSA) is 38.0 Å². The number of aromatic nitrogens is 2. The molecule has 2 rings (SSSR count). The molecule has 1 aromatic carbocycles. The molecule has 1 N–H and O–H groups in total. The molecule has 0 fully saturated rings. The first-order chi connectivity index (χ1) is 8.15. The van der Waals surface area contributed by atoms with Crippen molar-refractivity contribution in [2.75, 3.05) is 5.75 Å². The number of aliphatic hydroxyl groups excluding tert-OH is 1. The molecule has 0 aliphatic carbocycles. The van der Waals surface area contributed by atoms with Gasteiger partial charge in [-0.05, 0) is 18.2 Å². The standard InChI is InChI=1S/C12H13FN2OS/c1-15-7-9(6-14-15)12(16)8-17-11-4-2-3-10(13)5-11/h2-7,12,16H,8H2,1H3. The maximum Gasteiger partial charge on any atom is 0.124 e. The predicted molar refractivity (Wildman–Crippen MR) is 65.3 cm³/mol. The summed E-state index contributed by atoms with van der Waals surface area (Å²) in [6.45, 7) is 0. The van der Waals surface area contributed by atoms with E-state index in [1.165, 1.54) is 23.9 Å². The Hall–Kier alpha value is -1.33. The van der Waals surface area contributed by atoms with Gasteiger partial charge in [-0.2, -0.15) is 5.10 Å². The summed E-state index contributed by atoms with van der Waals surface area (Å²) in [5.41, 5.74) is 0.774. The Bertz CT molecular complexity index is 501. The molecule has 3 nitrogen and oxygen atoms in total. The molecule has 1 heterocycles. The van der Waals surface area contributed by atoms with Gasteiger partial charge in [0.1, 0.15) is 5.82 Å². The molecular weight excluding hydrogens is 239 g/mol. The molecular formula is C12H13FN2OS. The summed E-state index contributed by atoms with van der Waals surface area (Å²) in [5, 5.41) is 13.9. The van der Waals surface area contributed by atoms with Crippen molar-refractivity contribution in [3.63, 3.8) is 0 Å². The molecule has 0 bridgehead atoms. The number of halogens is 1. The third-order valence-electron chi connectivity index (χ3n) is 2.31. The van der Waals surface area contributed by atoms with Crippen LogP contribution in [0.25, 0.3) is 0 Å². The van der Waals surface area contributed by atoms with Crippen molar-refractivity contribution in [2.24, 2.45) is 7.05 Å². The Balaban J connectivity index is 1.94. The number of thioether (sulfide) groups is 1. The average molecular weight is 252 g/mol. The van der Waals surface area contributed by atoms with Gasteiger partial charge < -0.3 is 5.11 Å². The molecule has 0 aliphatic rings. The molecule has 5 heteroatoms. The van der Waals surface area contributed by atoms with Gasteiger partial charge in [0.2, 0.25) is 0 Å². The van der Waals surface area contributed by atoms with Crippen LogP contribution in [0.1, 0.15) is 11.7 Å². The first-order valence-corrected chi connectivity index (χ1v) is 6.18. The minimum Gasteiger partial charge on any atom is -0.387 e. The third-order valence-corrected chi connectivity index (χ3v) is 3.38. The van der Waals surface area contributed by atoms with E-state index in [9.17, 15) is 9.50 Å². The maximum atomic E-state index is 12.9. The number of benzene rings is 1. The lowest BCUT2D eigenvalue weighted by molar-refractivity contribution is 0.204. The van der Waals surface area contributed by atoms with Gasteiger partial charge in [-0.15, -0.1) is 11.8 Å². The fraction of sp³-hybridized carbons (Fsp3) is 0.250. The molecule has 1 unspecified atom stereocenters. The fourth-order valence-corrected chi connectivity index (χ4v) is 2.35. The summed E-state index contributed by atoms with van der Waals surface area (Å²) in [5.74, 6) is 0.223. The van der Waals surface area contributed by atoms with E-state index in [0.717, 1.165) is 10.5 Å². The van der Waals surface area contributed by atoms with Crippen molar-refractivity contribution < 1.29 is 9.50 Å². The molecule has 1 aromatic heterocycles. The Morgan fingerprint density at radius 2 is 2.35 bits per heavy atom. The number of nitrogens with zero attached hydrogens (tertiary/aromatic N) is 2. The number of hydrogen-bond donors (Lipinski definition) is 1. The first kappa shape index (κ1) is 12.1. The second-order valence-electron chi connectivity index (χ2n) is 3.73. The monoisotopic (exact) mass is 252 g/mol. The van der Waals surface area contributed by atoms with Crippen LogP contribution in [0.4, 0.5) is 4.39 Å². The van der Waals surface area contributed by atoms with Gasteiger partial charge in [0, 0.05) is 29.5 Å². The zero-order valence-electron chi connectivity index (χ0n) is 9.38. The Morgan fingerprint density at radius 3 is 3.00 bits per heavy atom. The molecule has 0 saturated carbocycles. The van der Waals surface area contributed by atoms with E-state index in [2.05, 4.69) is 5.10 Å². The molecule has 2 aromatic rings. The highest BCUT2D eigenvalue weighted by Gasteiger charge is 2.10. The van der Waals surface area contributed by atoms with Gasteiger partial charge >= 0.3 is 0 Å². The number of aryl methyl sites for hydroxylation is 1. The van der Waals surface area contributed by atoms with Crippen LogP contribution in [0.15, 0.2) is 41.6 Å². The summed E-state index contributed by atoms with van der Waals surface area (Å²) in [4.78, 5) is 0.813. The van der Waals surface area contributed by atoms with E-state index in [0.29, 0.717) is 5.75 Å². The van der Waals surface area contributed by atoms with Crippen LogP contribution in [0.2, 0.25) is 0 Å². The van der Waals surface area contributed by atoms with Crippen LogP contribution < -0.4 is 0 Å². The van der Waals surface area contributed by atoms with Crippen molar-refractivity contribution in [3.8, 4) is 0 Å². The van der Waals surface area contributed by atoms with Crippen LogP contribution in [-0.2, 0) is 7.05 Å². The molecule has 1 atom stereocenters. The average Bonchev–Trinajstić information content (AvgIpc) is 2.73. The van der Waals surface area contributed by atoms with Crippen LogP contribution in [0.5, 0.6) is 0 Å². The predicted octanol–water partition coefficient (Wildman–Crippen LogP) is 2.38. The largest absolute Gasteiger partial charge is 0.387 e. The fourth-order valence-electron chi connectivity index (χ4n) is 1.44. The minimum absolute atomic E-state index is 0.258. The van der Waals surface area contributed by atoms with Crippen LogP contribution >= 0.6 is 11.8 Å². The quantitative estimate of drug-likeness (QED) is 0.849. The van der Waals surface area contributed by atoms with E-state index in [4.69, 9.17) is 0 Å². The molecule has 0 spiro atoms.